The maximum Gasteiger partial charge on any atom is 0.331 e. The monoisotopic (exact) mass is 353 g/mol. The first kappa shape index (κ1) is 19.1. The first-order valence-corrected chi connectivity index (χ1v) is 8.21. The Kier molecular flexibility index (Phi) is 6.79. The molecule has 0 heterocycles. The van der Waals surface area contributed by atoms with Crippen LogP contribution in [0.3, 0.4) is 0 Å². The topological polar surface area (TPSA) is 86.5 Å². The van der Waals surface area contributed by atoms with Crippen molar-refractivity contribution in [2.75, 3.05) is 6.61 Å². The third kappa shape index (κ3) is 5.66. The molecule has 0 saturated heterocycles. The average molecular weight is 353 g/mol. The Hall–Kier alpha value is -3.28. The zero-order valence-electron chi connectivity index (χ0n) is 14.4. The van der Waals surface area contributed by atoms with Crippen molar-refractivity contribution in [1.82, 2.24) is 0 Å². The van der Waals surface area contributed by atoms with Gasteiger partial charge in [0.1, 0.15) is 0 Å². The number of hydrogen-bond acceptors (Lipinski definition) is 5. The molecule has 0 aliphatic rings. The van der Waals surface area contributed by atoms with Gasteiger partial charge in [0.25, 0.3) is 5.69 Å². The van der Waals surface area contributed by atoms with Crippen LogP contribution in [0.2, 0.25) is 0 Å². The van der Waals surface area contributed by atoms with Crippen molar-refractivity contribution in [3.8, 4) is 0 Å². The number of benzene rings is 2. The predicted molar refractivity (Wildman–Crippen MR) is 97.9 cm³/mol. The summed E-state index contributed by atoms with van der Waals surface area (Å²) in [7, 11) is 0. The van der Waals surface area contributed by atoms with Crippen molar-refractivity contribution in [2.24, 2.45) is 0 Å². The van der Waals surface area contributed by atoms with Crippen molar-refractivity contribution in [3.05, 3.63) is 81.4 Å². The van der Waals surface area contributed by atoms with Crippen LogP contribution in [0.1, 0.15) is 34.8 Å². The van der Waals surface area contributed by atoms with Crippen LogP contribution in [0, 0.1) is 10.1 Å². The van der Waals surface area contributed by atoms with Crippen molar-refractivity contribution < 1.29 is 19.2 Å². The number of nitrogens with zero attached hydrogens (tertiary/aromatic N) is 1. The van der Waals surface area contributed by atoms with Gasteiger partial charge in [0.05, 0.1) is 4.92 Å². The van der Waals surface area contributed by atoms with Gasteiger partial charge in [-0.3, -0.25) is 14.9 Å². The summed E-state index contributed by atoms with van der Waals surface area (Å²) in [5.41, 5.74) is 2.25. The summed E-state index contributed by atoms with van der Waals surface area (Å²) in [5.74, 6) is -0.926. The molecule has 0 spiro atoms. The van der Waals surface area contributed by atoms with E-state index in [1.165, 1.54) is 36.4 Å². The molecule has 134 valence electrons. The Morgan fingerprint density at radius 1 is 1.08 bits per heavy atom. The highest BCUT2D eigenvalue weighted by molar-refractivity contribution is 5.98. The second kappa shape index (κ2) is 9.27. The number of carbonyl (C=O) groups excluding carboxylic acids is 2. The van der Waals surface area contributed by atoms with E-state index in [1.807, 2.05) is 12.1 Å². The van der Waals surface area contributed by atoms with Crippen molar-refractivity contribution >= 4 is 23.5 Å². The zero-order valence-corrected chi connectivity index (χ0v) is 14.4. The summed E-state index contributed by atoms with van der Waals surface area (Å²) in [4.78, 5) is 33.8. The fraction of sp³-hybridized carbons (Fsp3) is 0.200. The number of non-ortho nitro benzene ring substituents is 1. The molecule has 0 fully saturated rings. The van der Waals surface area contributed by atoms with Gasteiger partial charge in [-0.05, 0) is 35.8 Å². The Bertz CT molecular complexity index is 807. The van der Waals surface area contributed by atoms with E-state index in [4.69, 9.17) is 4.74 Å². The smallest absolute Gasteiger partial charge is 0.331 e. The van der Waals surface area contributed by atoms with Crippen molar-refractivity contribution in [2.45, 2.75) is 19.8 Å². The highest BCUT2D eigenvalue weighted by Crippen LogP contribution is 2.13. The first-order valence-electron chi connectivity index (χ1n) is 8.21. The average Bonchev–Trinajstić information content (AvgIpc) is 2.65. The van der Waals surface area contributed by atoms with E-state index in [1.54, 1.807) is 12.1 Å². The molecular formula is C20H19NO5. The van der Waals surface area contributed by atoms with E-state index in [2.05, 4.69) is 6.92 Å². The highest BCUT2D eigenvalue weighted by Gasteiger charge is 2.08. The highest BCUT2D eigenvalue weighted by atomic mass is 16.6. The molecule has 0 bridgehead atoms. The van der Waals surface area contributed by atoms with Crippen LogP contribution in [0.25, 0.3) is 6.08 Å². The molecule has 2 aromatic rings. The second-order valence-corrected chi connectivity index (χ2v) is 5.66. The van der Waals surface area contributed by atoms with Crippen LogP contribution in [0.5, 0.6) is 0 Å². The Labute approximate surface area is 151 Å². The molecule has 0 saturated carbocycles. The van der Waals surface area contributed by atoms with E-state index in [-0.39, 0.29) is 18.1 Å². The van der Waals surface area contributed by atoms with Gasteiger partial charge in [-0.25, -0.2) is 4.79 Å². The molecule has 0 aromatic heterocycles. The molecule has 0 unspecified atom stereocenters. The fourth-order valence-corrected chi connectivity index (χ4v) is 2.29. The maximum atomic E-state index is 12.0. The van der Waals surface area contributed by atoms with E-state index < -0.39 is 10.9 Å². The number of ketones is 1. The first-order chi connectivity index (χ1) is 12.5. The second-order valence-electron chi connectivity index (χ2n) is 5.66. The molecule has 0 radical (unpaired) electrons. The van der Waals surface area contributed by atoms with Crippen LogP contribution in [-0.4, -0.2) is 23.3 Å². The lowest BCUT2D eigenvalue weighted by Crippen LogP contribution is -2.12. The number of nitro benzene ring substituents is 1. The molecule has 0 aliphatic heterocycles. The molecular weight excluding hydrogens is 334 g/mol. The number of aryl methyl sites for hydroxylation is 1. The number of rotatable bonds is 8. The third-order valence-corrected chi connectivity index (χ3v) is 3.68. The molecule has 6 heteroatoms. The molecule has 0 amide bonds. The summed E-state index contributed by atoms with van der Waals surface area (Å²) < 4.78 is 4.94. The standard InChI is InChI=1S/C20H19NO5/c1-2-3-15-4-9-17(10-5-15)19(22)14-26-20(23)13-8-16-6-11-18(12-7-16)21(24)25/h4-13H,2-3,14H2,1H3/b13-8+. The quantitative estimate of drug-likeness (QED) is 0.235. The van der Waals surface area contributed by atoms with Crippen LogP contribution >= 0.6 is 0 Å². The Balaban J connectivity index is 1.85. The minimum Gasteiger partial charge on any atom is -0.454 e. The van der Waals surface area contributed by atoms with E-state index in [0.717, 1.165) is 18.4 Å². The minimum absolute atomic E-state index is 0.0275. The lowest BCUT2D eigenvalue weighted by molar-refractivity contribution is -0.384. The third-order valence-electron chi connectivity index (χ3n) is 3.68. The van der Waals surface area contributed by atoms with Crippen LogP contribution in [0.4, 0.5) is 5.69 Å². The minimum atomic E-state index is -0.653. The van der Waals surface area contributed by atoms with Crippen LogP contribution < -0.4 is 0 Å². The van der Waals surface area contributed by atoms with Crippen LogP contribution in [-0.2, 0) is 16.0 Å². The van der Waals surface area contributed by atoms with E-state index >= 15 is 0 Å². The summed E-state index contributed by atoms with van der Waals surface area (Å²) in [6.45, 7) is 1.75. The zero-order chi connectivity index (χ0) is 18.9. The SMILES string of the molecule is CCCc1ccc(C(=O)COC(=O)/C=C/c2ccc([N+](=O)[O-])cc2)cc1. The van der Waals surface area contributed by atoms with Crippen LogP contribution in [0.15, 0.2) is 54.6 Å². The molecule has 0 atom stereocenters. The summed E-state index contributed by atoms with van der Waals surface area (Å²) in [5, 5.41) is 10.6. The Morgan fingerprint density at radius 3 is 2.31 bits per heavy atom. The normalized spacial score (nSPS) is 10.7. The summed E-state index contributed by atoms with van der Waals surface area (Å²) in [6.07, 6.45) is 4.64. The lowest BCUT2D eigenvalue weighted by atomic mass is 10.1. The van der Waals surface area contributed by atoms with Gasteiger partial charge in [0.15, 0.2) is 12.4 Å². The van der Waals surface area contributed by atoms with Crippen molar-refractivity contribution in [3.63, 3.8) is 0 Å². The van der Waals surface area contributed by atoms with E-state index in [0.29, 0.717) is 11.1 Å². The molecule has 2 rings (SSSR count). The predicted octanol–water partition coefficient (Wildman–Crippen LogP) is 3.99. The van der Waals surface area contributed by atoms with Gasteiger partial charge in [-0.15, -0.1) is 0 Å². The number of Topliss-reactive ketones (excluding diaryl/α,β-unsaturated/α-hetero) is 1. The van der Waals surface area contributed by atoms with Gasteiger partial charge >= 0.3 is 5.97 Å². The van der Waals surface area contributed by atoms with Gasteiger partial charge in [0, 0.05) is 23.8 Å². The molecule has 0 aliphatic carbocycles. The van der Waals surface area contributed by atoms with Gasteiger partial charge < -0.3 is 4.74 Å². The number of hydrogen-bond donors (Lipinski definition) is 0. The van der Waals surface area contributed by atoms with Gasteiger partial charge in [-0.1, -0.05) is 37.6 Å². The van der Waals surface area contributed by atoms with Crippen molar-refractivity contribution in [1.29, 1.82) is 0 Å². The number of esters is 1. The largest absolute Gasteiger partial charge is 0.454 e. The molecule has 2 aromatic carbocycles. The van der Waals surface area contributed by atoms with Gasteiger partial charge in [0.2, 0.25) is 0 Å². The number of nitro groups is 1. The lowest BCUT2D eigenvalue weighted by Gasteiger charge is -2.03. The maximum absolute atomic E-state index is 12.0. The summed E-state index contributed by atoms with van der Waals surface area (Å²) >= 11 is 0. The van der Waals surface area contributed by atoms with E-state index in [9.17, 15) is 19.7 Å². The molecule has 26 heavy (non-hydrogen) atoms. The molecule has 6 nitrogen and oxygen atoms in total. The van der Waals surface area contributed by atoms with Gasteiger partial charge in [-0.2, -0.15) is 0 Å². The Morgan fingerprint density at radius 2 is 1.73 bits per heavy atom. The summed E-state index contributed by atoms with van der Waals surface area (Å²) in [6, 6.07) is 13.0. The molecule has 0 N–H and O–H groups in total. The number of carbonyl (C=O) groups is 2. The fourth-order valence-electron chi connectivity index (χ4n) is 2.29. The number of ether oxygens (including phenoxy) is 1.